The van der Waals surface area contributed by atoms with Gasteiger partial charge in [0.25, 0.3) is 5.69 Å². The first-order valence-electron chi connectivity index (χ1n) is 8.68. The van der Waals surface area contributed by atoms with E-state index in [9.17, 15) is 14.9 Å². The van der Waals surface area contributed by atoms with Crippen LogP contribution in [0.5, 0.6) is 5.75 Å². The number of hydrogen-bond donors (Lipinski definition) is 0. The van der Waals surface area contributed by atoms with Crippen LogP contribution in [0.3, 0.4) is 0 Å². The summed E-state index contributed by atoms with van der Waals surface area (Å²) < 4.78 is 17.5. The van der Waals surface area contributed by atoms with Gasteiger partial charge in [-0.3, -0.25) is 14.8 Å². The molecule has 28 heavy (non-hydrogen) atoms. The van der Waals surface area contributed by atoms with Gasteiger partial charge in [-0.15, -0.1) is 0 Å². The summed E-state index contributed by atoms with van der Waals surface area (Å²) in [5.41, 5.74) is 1.44. The number of rotatable bonds is 6. The monoisotopic (exact) mass is 409 g/mol. The van der Waals surface area contributed by atoms with Gasteiger partial charge in [-0.1, -0.05) is 25.4 Å². The van der Waals surface area contributed by atoms with Gasteiger partial charge in [-0.05, 0) is 12.8 Å². The second kappa shape index (κ2) is 8.15. The van der Waals surface area contributed by atoms with Crippen molar-refractivity contribution in [3.05, 3.63) is 49.8 Å². The Morgan fingerprint density at radius 3 is 2.89 bits per heavy atom. The fourth-order valence-corrected chi connectivity index (χ4v) is 3.28. The van der Waals surface area contributed by atoms with Crippen LogP contribution in [0.2, 0.25) is 5.15 Å². The Balaban J connectivity index is 1.83. The number of fused-ring (bicyclic) bond motifs is 1. The number of esters is 1. The molecule has 1 aromatic heterocycles. The Morgan fingerprint density at radius 1 is 1.46 bits per heavy atom. The minimum atomic E-state index is -0.648. The number of benzene rings is 1. The molecule has 1 aliphatic rings. The summed E-state index contributed by atoms with van der Waals surface area (Å²) in [5.74, 6) is 0.0872. The Kier molecular flexibility index (Phi) is 5.85. The molecule has 1 aliphatic heterocycles. The highest BCUT2D eigenvalue weighted by molar-refractivity contribution is 6.32. The Bertz CT molecular complexity index is 925. The SMILES string of the molecule is Cc1nn(CC(C)C)c(Cl)c1C(=O)OCc1cc([N+](=O)[O-])cc2c1OCOC2. The van der Waals surface area contributed by atoms with E-state index in [2.05, 4.69) is 5.10 Å². The molecule has 0 saturated carbocycles. The minimum Gasteiger partial charge on any atom is -0.467 e. The molecule has 0 spiro atoms. The molecule has 2 aromatic rings. The molecule has 9 nitrogen and oxygen atoms in total. The number of ether oxygens (including phenoxy) is 3. The van der Waals surface area contributed by atoms with Crippen LogP contribution < -0.4 is 4.74 Å². The lowest BCUT2D eigenvalue weighted by Crippen LogP contribution is -2.15. The summed E-state index contributed by atoms with van der Waals surface area (Å²) in [6.45, 7) is 6.28. The molecule has 0 fully saturated rings. The van der Waals surface area contributed by atoms with Crippen molar-refractivity contribution in [2.45, 2.75) is 40.5 Å². The molecule has 2 heterocycles. The van der Waals surface area contributed by atoms with E-state index in [1.165, 1.54) is 12.1 Å². The number of aryl methyl sites for hydroxylation is 1. The third kappa shape index (κ3) is 4.10. The third-order valence-electron chi connectivity index (χ3n) is 4.15. The molecule has 0 aliphatic carbocycles. The van der Waals surface area contributed by atoms with E-state index >= 15 is 0 Å². The molecule has 1 aromatic carbocycles. The highest BCUT2D eigenvalue weighted by atomic mass is 35.5. The van der Waals surface area contributed by atoms with Crippen LogP contribution in [-0.4, -0.2) is 27.5 Å². The molecule has 3 rings (SSSR count). The Hall–Kier alpha value is -2.65. The van der Waals surface area contributed by atoms with E-state index in [1.54, 1.807) is 11.6 Å². The van der Waals surface area contributed by atoms with Gasteiger partial charge in [0.2, 0.25) is 0 Å². The molecule has 0 bridgehead atoms. The number of nitrogens with zero attached hydrogens (tertiary/aromatic N) is 3. The van der Waals surface area contributed by atoms with Crippen LogP contribution in [0.15, 0.2) is 12.1 Å². The first kappa shape index (κ1) is 20.1. The highest BCUT2D eigenvalue weighted by Gasteiger charge is 2.25. The number of carbonyl (C=O) groups excluding carboxylic acids is 1. The van der Waals surface area contributed by atoms with Crippen LogP contribution in [-0.2, 0) is 29.2 Å². The zero-order chi connectivity index (χ0) is 20.4. The molecule has 0 N–H and O–H groups in total. The molecule has 10 heteroatoms. The van der Waals surface area contributed by atoms with E-state index in [0.717, 1.165) is 0 Å². The van der Waals surface area contributed by atoms with E-state index < -0.39 is 10.9 Å². The van der Waals surface area contributed by atoms with E-state index in [-0.39, 0.29) is 36.4 Å². The summed E-state index contributed by atoms with van der Waals surface area (Å²) in [6, 6.07) is 2.71. The summed E-state index contributed by atoms with van der Waals surface area (Å²) in [6.07, 6.45) is 0. The Labute approximate surface area is 166 Å². The van der Waals surface area contributed by atoms with Gasteiger partial charge >= 0.3 is 5.97 Å². The first-order valence-corrected chi connectivity index (χ1v) is 9.06. The predicted molar refractivity (Wildman–Crippen MR) is 99.3 cm³/mol. The van der Waals surface area contributed by atoms with Crippen molar-refractivity contribution in [3.8, 4) is 5.75 Å². The molecule has 0 radical (unpaired) electrons. The second-order valence-electron chi connectivity index (χ2n) is 6.86. The number of aromatic nitrogens is 2. The fourth-order valence-electron chi connectivity index (χ4n) is 2.96. The standard InChI is InChI=1S/C18H20ClN3O6/c1-10(2)6-21-17(19)15(11(3)20-21)18(23)27-8-13-5-14(22(24)25)4-12-7-26-9-28-16(12)13/h4-5,10H,6-9H2,1-3H3. The molecule has 0 amide bonds. The van der Waals surface area contributed by atoms with Crippen molar-refractivity contribution >= 4 is 23.3 Å². The van der Waals surface area contributed by atoms with Crippen LogP contribution in [0, 0.1) is 23.0 Å². The van der Waals surface area contributed by atoms with Crippen molar-refractivity contribution in [2.75, 3.05) is 6.79 Å². The van der Waals surface area contributed by atoms with Crippen molar-refractivity contribution in [1.29, 1.82) is 0 Å². The second-order valence-corrected chi connectivity index (χ2v) is 7.22. The Morgan fingerprint density at radius 2 is 2.21 bits per heavy atom. The highest BCUT2D eigenvalue weighted by Crippen LogP contribution is 2.33. The van der Waals surface area contributed by atoms with Gasteiger partial charge in [0.1, 0.15) is 23.1 Å². The van der Waals surface area contributed by atoms with Crippen molar-refractivity contribution in [1.82, 2.24) is 9.78 Å². The summed E-state index contributed by atoms with van der Waals surface area (Å²) >= 11 is 6.30. The van der Waals surface area contributed by atoms with Gasteiger partial charge in [0.15, 0.2) is 6.79 Å². The van der Waals surface area contributed by atoms with Crippen LogP contribution in [0.1, 0.15) is 41.0 Å². The van der Waals surface area contributed by atoms with Crippen molar-refractivity contribution < 1.29 is 23.9 Å². The van der Waals surface area contributed by atoms with Crippen LogP contribution in [0.25, 0.3) is 0 Å². The van der Waals surface area contributed by atoms with Crippen molar-refractivity contribution in [2.24, 2.45) is 5.92 Å². The fraction of sp³-hybridized carbons (Fsp3) is 0.444. The lowest BCUT2D eigenvalue weighted by Gasteiger charge is -2.20. The lowest BCUT2D eigenvalue weighted by molar-refractivity contribution is -0.385. The van der Waals surface area contributed by atoms with E-state index in [4.69, 9.17) is 25.8 Å². The van der Waals surface area contributed by atoms with E-state index in [1.807, 2.05) is 13.8 Å². The lowest BCUT2D eigenvalue weighted by atomic mass is 10.1. The number of halogens is 1. The topological polar surface area (TPSA) is 106 Å². The normalized spacial score (nSPS) is 13.2. The number of hydrogen-bond acceptors (Lipinski definition) is 7. The molecular formula is C18H20ClN3O6. The smallest absolute Gasteiger partial charge is 0.343 e. The zero-order valence-corrected chi connectivity index (χ0v) is 16.5. The number of nitro benzene ring substituents is 1. The predicted octanol–water partition coefficient (Wildman–Crippen LogP) is 3.63. The summed E-state index contributed by atoms with van der Waals surface area (Å²) in [7, 11) is 0. The zero-order valence-electron chi connectivity index (χ0n) is 15.7. The first-order chi connectivity index (χ1) is 13.3. The van der Waals surface area contributed by atoms with Crippen LogP contribution in [0.4, 0.5) is 5.69 Å². The van der Waals surface area contributed by atoms with Crippen LogP contribution >= 0.6 is 11.6 Å². The van der Waals surface area contributed by atoms with Gasteiger partial charge < -0.3 is 14.2 Å². The molecule has 0 unspecified atom stereocenters. The largest absolute Gasteiger partial charge is 0.467 e. The molecule has 150 valence electrons. The molecular weight excluding hydrogens is 390 g/mol. The summed E-state index contributed by atoms with van der Waals surface area (Å²) in [5, 5.41) is 15.7. The van der Waals surface area contributed by atoms with Gasteiger partial charge in [-0.25, -0.2) is 4.79 Å². The summed E-state index contributed by atoms with van der Waals surface area (Å²) in [4.78, 5) is 23.2. The minimum absolute atomic E-state index is 0.0265. The third-order valence-corrected chi connectivity index (χ3v) is 4.53. The average Bonchev–Trinajstić information content (AvgIpc) is 2.91. The molecule has 0 atom stereocenters. The van der Waals surface area contributed by atoms with Gasteiger partial charge in [0.05, 0.1) is 17.2 Å². The maximum absolute atomic E-state index is 12.6. The number of nitro groups is 1. The number of non-ortho nitro benzene ring substituents is 1. The van der Waals surface area contributed by atoms with E-state index in [0.29, 0.717) is 35.0 Å². The number of carbonyl (C=O) groups is 1. The van der Waals surface area contributed by atoms with Gasteiger partial charge in [0, 0.05) is 29.8 Å². The quantitative estimate of drug-likeness (QED) is 0.407. The maximum atomic E-state index is 12.6. The molecule has 0 saturated heterocycles. The maximum Gasteiger partial charge on any atom is 0.343 e. The van der Waals surface area contributed by atoms with Crippen molar-refractivity contribution in [3.63, 3.8) is 0 Å². The average molecular weight is 410 g/mol. The van der Waals surface area contributed by atoms with Gasteiger partial charge in [-0.2, -0.15) is 5.10 Å².